The van der Waals surface area contributed by atoms with Crippen molar-refractivity contribution in [2.75, 3.05) is 13.1 Å². The number of hydrogen-bond acceptors (Lipinski definition) is 5. The van der Waals surface area contributed by atoms with Gasteiger partial charge in [0.25, 0.3) is 0 Å². The number of amides is 1. The van der Waals surface area contributed by atoms with Gasteiger partial charge in [0.1, 0.15) is 6.10 Å². The highest BCUT2D eigenvalue weighted by Crippen LogP contribution is 2.16. The molecule has 0 radical (unpaired) electrons. The number of aromatic nitrogens is 3. The van der Waals surface area contributed by atoms with Gasteiger partial charge in [0.05, 0.1) is 13.0 Å². The van der Waals surface area contributed by atoms with Gasteiger partial charge in [0.15, 0.2) is 0 Å². The number of nitrogens with zero attached hydrogens (tertiary/aromatic N) is 4. The SMILES string of the molecule is O=C(Cc1cccnc1)N1CCC(Oc2cccnn2)C1. The summed E-state index contributed by atoms with van der Waals surface area (Å²) in [4.78, 5) is 18.1. The van der Waals surface area contributed by atoms with Crippen LogP contribution in [-0.4, -0.2) is 45.2 Å². The normalized spacial score (nSPS) is 17.7. The van der Waals surface area contributed by atoms with Gasteiger partial charge in [-0.05, 0) is 17.7 Å². The summed E-state index contributed by atoms with van der Waals surface area (Å²) in [5, 5.41) is 7.67. The van der Waals surface area contributed by atoms with Crippen molar-refractivity contribution in [3.63, 3.8) is 0 Å². The number of pyridine rings is 1. The fourth-order valence-corrected chi connectivity index (χ4v) is 2.36. The molecule has 2 aromatic heterocycles. The van der Waals surface area contributed by atoms with E-state index in [9.17, 15) is 4.79 Å². The van der Waals surface area contributed by atoms with E-state index in [1.807, 2.05) is 17.0 Å². The fraction of sp³-hybridized carbons (Fsp3) is 0.333. The highest BCUT2D eigenvalue weighted by Gasteiger charge is 2.27. The fourth-order valence-electron chi connectivity index (χ4n) is 2.36. The molecule has 3 rings (SSSR count). The second-order valence-electron chi connectivity index (χ2n) is 4.97. The minimum atomic E-state index is -0.0143. The van der Waals surface area contributed by atoms with Crippen molar-refractivity contribution < 1.29 is 9.53 Å². The van der Waals surface area contributed by atoms with Crippen LogP contribution < -0.4 is 4.74 Å². The van der Waals surface area contributed by atoms with Crippen LogP contribution in [0.2, 0.25) is 0 Å². The molecule has 3 heterocycles. The smallest absolute Gasteiger partial charge is 0.233 e. The van der Waals surface area contributed by atoms with Crippen molar-refractivity contribution in [3.8, 4) is 5.88 Å². The number of rotatable bonds is 4. The quantitative estimate of drug-likeness (QED) is 0.841. The molecule has 0 bridgehead atoms. The molecule has 0 aliphatic carbocycles. The molecule has 0 aromatic carbocycles. The molecular formula is C15H16N4O2. The summed E-state index contributed by atoms with van der Waals surface area (Å²) in [5.74, 6) is 0.609. The third-order valence-electron chi connectivity index (χ3n) is 3.41. The van der Waals surface area contributed by atoms with E-state index >= 15 is 0 Å². The largest absolute Gasteiger partial charge is 0.471 e. The molecule has 1 saturated heterocycles. The maximum absolute atomic E-state index is 12.2. The summed E-state index contributed by atoms with van der Waals surface area (Å²) in [5.41, 5.74) is 0.931. The molecule has 6 heteroatoms. The molecule has 1 atom stereocenters. The highest BCUT2D eigenvalue weighted by atomic mass is 16.5. The minimum Gasteiger partial charge on any atom is -0.471 e. The van der Waals surface area contributed by atoms with E-state index < -0.39 is 0 Å². The summed E-state index contributed by atoms with van der Waals surface area (Å²) >= 11 is 0. The Balaban J connectivity index is 1.53. The number of likely N-dealkylation sites (tertiary alicyclic amines) is 1. The van der Waals surface area contributed by atoms with Crippen molar-refractivity contribution >= 4 is 5.91 Å². The third kappa shape index (κ3) is 3.53. The molecular weight excluding hydrogens is 268 g/mol. The lowest BCUT2D eigenvalue weighted by Crippen LogP contribution is -2.32. The van der Waals surface area contributed by atoms with Gasteiger partial charge in [-0.25, -0.2) is 0 Å². The third-order valence-corrected chi connectivity index (χ3v) is 3.41. The van der Waals surface area contributed by atoms with Gasteiger partial charge in [-0.15, -0.1) is 5.10 Å². The predicted molar refractivity (Wildman–Crippen MR) is 75.6 cm³/mol. The number of hydrogen-bond donors (Lipinski definition) is 0. The first kappa shape index (κ1) is 13.5. The molecule has 2 aromatic rings. The Labute approximate surface area is 122 Å². The maximum atomic E-state index is 12.2. The molecule has 1 unspecified atom stereocenters. The summed E-state index contributed by atoms with van der Waals surface area (Å²) in [6.07, 6.45) is 6.21. The summed E-state index contributed by atoms with van der Waals surface area (Å²) in [6.45, 7) is 1.31. The Bertz CT molecular complexity index is 591. The van der Waals surface area contributed by atoms with Crippen LogP contribution in [0.1, 0.15) is 12.0 Å². The van der Waals surface area contributed by atoms with Gasteiger partial charge in [0.2, 0.25) is 11.8 Å². The van der Waals surface area contributed by atoms with Gasteiger partial charge < -0.3 is 9.64 Å². The molecule has 0 saturated carbocycles. The molecule has 1 fully saturated rings. The van der Waals surface area contributed by atoms with Crippen molar-refractivity contribution in [1.82, 2.24) is 20.1 Å². The van der Waals surface area contributed by atoms with E-state index in [-0.39, 0.29) is 12.0 Å². The first-order valence-electron chi connectivity index (χ1n) is 6.92. The lowest BCUT2D eigenvalue weighted by atomic mass is 10.2. The van der Waals surface area contributed by atoms with E-state index in [1.54, 1.807) is 30.7 Å². The maximum Gasteiger partial charge on any atom is 0.233 e. The van der Waals surface area contributed by atoms with E-state index in [0.717, 1.165) is 12.0 Å². The zero-order chi connectivity index (χ0) is 14.5. The Hall–Kier alpha value is -2.50. The van der Waals surface area contributed by atoms with Crippen molar-refractivity contribution in [3.05, 3.63) is 48.4 Å². The van der Waals surface area contributed by atoms with E-state index in [4.69, 9.17) is 4.74 Å². The van der Waals surface area contributed by atoms with Crippen LogP contribution in [0.4, 0.5) is 0 Å². The summed E-state index contributed by atoms with van der Waals surface area (Å²) in [6, 6.07) is 7.30. The average Bonchev–Trinajstić information content (AvgIpc) is 2.98. The van der Waals surface area contributed by atoms with Gasteiger partial charge >= 0.3 is 0 Å². The van der Waals surface area contributed by atoms with Gasteiger partial charge in [-0.1, -0.05) is 6.07 Å². The lowest BCUT2D eigenvalue weighted by molar-refractivity contribution is -0.129. The predicted octanol–water partition coefficient (Wildman–Crippen LogP) is 1.09. The van der Waals surface area contributed by atoms with Crippen LogP contribution >= 0.6 is 0 Å². The topological polar surface area (TPSA) is 68.2 Å². The first-order chi connectivity index (χ1) is 10.3. The molecule has 6 nitrogen and oxygen atoms in total. The molecule has 0 N–H and O–H groups in total. The number of ether oxygens (including phenoxy) is 1. The minimum absolute atomic E-state index is 0.0143. The van der Waals surface area contributed by atoms with Gasteiger partial charge in [0, 0.05) is 37.6 Å². The van der Waals surface area contributed by atoms with Gasteiger partial charge in [-0.2, -0.15) is 5.10 Å². The zero-order valence-electron chi connectivity index (χ0n) is 11.6. The number of carbonyl (C=O) groups excluding carboxylic acids is 1. The van der Waals surface area contributed by atoms with Crippen LogP contribution in [0.25, 0.3) is 0 Å². The Morgan fingerprint density at radius 1 is 1.33 bits per heavy atom. The van der Waals surface area contributed by atoms with Crippen LogP contribution in [0, 0.1) is 0 Å². The Morgan fingerprint density at radius 2 is 2.24 bits per heavy atom. The summed E-state index contributed by atoms with van der Waals surface area (Å²) in [7, 11) is 0. The van der Waals surface area contributed by atoms with Crippen molar-refractivity contribution in [1.29, 1.82) is 0 Å². The van der Waals surface area contributed by atoms with Crippen LogP contribution in [0.5, 0.6) is 5.88 Å². The first-order valence-corrected chi connectivity index (χ1v) is 6.92. The van der Waals surface area contributed by atoms with Crippen LogP contribution in [0.3, 0.4) is 0 Å². The molecule has 108 valence electrons. The number of carbonyl (C=O) groups is 1. The van der Waals surface area contributed by atoms with Crippen molar-refractivity contribution in [2.24, 2.45) is 0 Å². The molecule has 21 heavy (non-hydrogen) atoms. The molecule has 1 aliphatic heterocycles. The lowest BCUT2D eigenvalue weighted by Gasteiger charge is -2.16. The molecule has 1 amide bonds. The van der Waals surface area contributed by atoms with E-state index in [2.05, 4.69) is 15.2 Å². The van der Waals surface area contributed by atoms with Crippen LogP contribution in [0.15, 0.2) is 42.9 Å². The molecule has 1 aliphatic rings. The molecule has 0 spiro atoms. The zero-order valence-corrected chi connectivity index (χ0v) is 11.6. The summed E-state index contributed by atoms with van der Waals surface area (Å²) < 4.78 is 5.73. The van der Waals surface area contributed by atoms with E-state index in [0.29, 0.717) is 25.4 Å². The monoisotopic (exact) mass is 284 g/mol. The van der Waals surface area contributed by atoms with Crippen LogP contribution in [-0.2, 0) is 11.2 Å². The van der Waals surface area contributed by atoms with E-state index in [1.165, 1.54) is 0 Å². The second-order valence-corrected chi connectivity index (χ2v) is 4.97. The standard InChI is InChI=1S/C15H16N4O2/c20-15(9-12-3-1-6-16-10-12)19-8-5-13(11-19)21-14-4-2-7-17-18-14/h1-4,6-7,10,13H,5,8-9,11H2. The highest BCUT2D eigenvalue weighted by molar-refractivity contribution is 5.79. The Morgan fingerprint density at radius 3 is 3.00 bits per heavy atom. The second kappa shape index (κ2) is 6.30. The Kier molecular flexibility index (Phi) is 4.04. The average molecular weight is 284 g/mol. The van der Waals surface area contributed by atoms with Crippen molar-refractivity contribution in [2.45, 2.75) is 18.9 Å². The van der Waals surface area contributed by atoms with Gasteiger partial charge in [-0.3, -0.25) is 9.78 Å².